The van der Waals surface area contributed by atoms with Gasteiger partial charge in [-0.2, -0.15) is 0 Å². The Morgan fingerprint density at radius 3 is 2.41 bits per heavy atom. The molecule has 1 amide bonds. The standard InChI is InChI=1S/C32H23ClN2O5S/c1-39-25-16-21(12-15-24(25)40-18-19-8-4-2-5-9-19)28-27(29(36)20-10-6-3-7-11-20)30(37)31(38)35(28)32-34-23-14-13-22(33)17-26(23)41-32/h2-17,28,36H,18H2,1H3. The van der Waals surface area contributed by atoms with E-state index in [1.165, 1.54) is 23.3 Å². The molecule has 204 valence electrons. The molecule has 1 N–H and O–H groups in total. The van der Waals surface area contributed by atoms with Gasteiger partial charge in [-0.05, 0) is 41.5 Å². The smallest absolute Gasteiger partial charge is 0.301 e. The number of Topliss-reactive ketones (excluding diaryl/α,β-unsaturated/α-hetero) is 1. The van der Waals surface area contributed by atoms with E-state index in [-0.39, 0.29) is 11.3 Å². The number of nitrogens with zero attached hydrogens (tertiary/aromatic N) is 2. The number of halogens is 1. The van der Waals surface area contributed by atoms with E-state index < -0.39 is 17.7 Å². The number of hydrogen-bond acceptors (Lipinski definition) is 7. The Morgan fingerprint density at radius 2 is 1.68 bits per heavy atom. The summed E-state index contributed by atoms with van der Waals surface area (Å²) in [5.74, 6) is -0.962. The summed E-state index contributed by atoms with van der Waals surface area (Å²) in [6.07, 6.45) is 0. The molecule has 1 unspecified atom stereocenters. The number of amides is 1. The number of fused-ring (bicyclic) bond motifs is 1. The van der Waals surface area contributed by atoms with Gasteiger partial charge in [0.15, 0.2) is 16.6 Å². The molecule has 0 radical (unpaired) electrons. The highest BCUT2D eigenvalue weighted by Crippen LogP contribution is 2.46. The van der Waals surface area contributed by atoms with E-state index in [1.54, 1.807) is 66.7 Å². The highest BCUT2D eigenvalue weighted by molar-refractivity contribution is 7.22. The molecule has 1 aliphatic rings. The number of methoxy groups -OCH3 is 1. The van der Waals surface area contributed by atoms with Crippen molar-refractivity contribution in [1.82, 2.24) is 4.98 Å². The summed E-state index contributed by atoms with van der Waals surface area (Å²) in [5.41, 5.74) is 2.55. The first-order chi connectivity index (χ1) is 19.9. The van der Waals surface area contributed by atoms with Crippen LogP contribution in [0.1, 0.15) is 22.7 Å². The van der Waals surface area contributed by atoms with Crippen LogP contribution in [-0.2, 0) is 16.2 Å². The molecule has 0 spiro atoms. The Kier molecular flexibility index (Phi) is 7.17. The average Bonchev–Trinajstić information content (AvgIpc) is 3.53. The summed E-state index contributed by atoms with van der Waals surface area (Å²) >= 11 is 7.43. The zero-order valence-corrected chi connectivity index (χ0v) is 23.4. The molecule has 0 aliphatic carbocycles. The molecule has 1 aliphatic heterocycles. The monoisotopic (exact) mass is 582 g/mol. The van der Waals surface area contributed by atoms with Crippen LogP contribution in [0.2, 0.25) is 5.02 Å². The van der Waals surface area contributed by atoms with Gasteiger partial charge < -0.3 is 14.6 Å². The molecule has 1 atom stereocenters. The summed E-state index contributed by atoms with van der Waals surface area (Å²) in [7, 11) is 1.52. The number of hydrogen-bond donors (Lipinski definition) is 1. The molecule has 0 bridgehead atoms. The molecule has 9 heteroatoms. The number of aliphatic hydroxyl groups is 1. The predicted molar refractivity (Wildman–Crippen MR) is 160 cm³/mol. The van der Waals surface area contributed by atoms with Crippen LogP contribution in [0.5, 0.6) is 11.5 Å². The van der Waals surface area contributed by atoms with E-state index in [0.717, 1.165) is 10.3 Å². The van der Waals surface area contributed by atoms with Gasteiger partial charge in [-0.25, -0.2) is 4.98 Å². The van der Waals surface area contributed by atoms with Crippen molar-refractivity contribution < 1.29 is 24.2 Å². The zero-order chi connectivity index (χ0) is 28.5. The van der Waals surface area contributed by atoms with Crippen molar-refractivity contribution in [2.45, 2.75) is 12.6 Å². The Bertz CT molecular complexity index is 1800. The van der Waals surface area contributed by atoms with Crippen molar-refractivity contribution >= 4 is 55.7 Å². The second-order valence-electron chi connectivity index (χ2n) is 9.33. The van der Waals surface area contributed by atoms with Gasteiger partial charge in [0.25, 0.3) is 5.78 Å². The first-order valence-electron chi connectivity index (χ1n) is 12.7. The third-order valence-corrected chi connectivity index (χ3v) is 8.03. The molecule has 4 aromatic carbocycles. The number of ether oxygens (including phenoxy) is 2. The Morgan fingerprint density at radius 1 is 0.951 bits per heavy atom. The first-order valence-corrected chi connectivity index (χ1v) is 13.9. The summed E-state index contributed by atoms with van der Waals surface area (Å²) < 4.78 is 12.4. The van der Waals surface area contributed by atoms with Crippen LogP contribution >= 0.6 is 22.9 Å². The molecule has 41 heavy (non-hydrogen) atoms. The van der Waals surface area contributed by atoms with Crippen molar-refractivity contribution in [3.05, 3.63) is 124 Å². The van der Waals surface area contributed by atoms with Crippen LogP contribution < -0.4 is 14.4 Å². The van der Waals surface area contributed by atoms with Crippen LogP contribution in [0.4, 0.5) is 5.13 Å². The fourth-order valence-electron chi connectivity index (χ4n) is 4.79. The summed E-state index contributed by atoms with van der Waals surface area (Å²) in [5, 5.41) is 12.2. The number of ketones is 1. The Labute approximate surface area is 244 Å². The number of benzene rings is 4. The topological polar surface area (TPSA) is 89.0 Å². The average molecular weight is 583 g/mol. The lowest BCUT2D eigenvalue weighted by molar-refractivity contribution is -0.132. The highest BCUT2D eigenvalue weighted by Gasteiger charge is 2.48. The third kappa shape index (κ3) is 5.03. The molecule has 2 heterocycles. The van der Waals surface area contributed by atoms with Crippen LogP contribution in [0.25, 0.3) is 16.0 Å². The third-order valence-electron chi connectivity index (χ3n) is 6.78. The van der Waals surface area contributed by atoms with Crippen LogP contribution in [0.3, 0.4) is 0 Å². The lowest BCUT2D eigenvalue weighted by Gasteiger charge is -2.24. The van der Waals surface area contributed by atoms with Gasteiger partial charge in [0.05, 0.1) is 28.9 Å². The van der Waals surface area contributed by atoms with Gasteiger partial charge in [-0.15, -0.1) is 0 Å². The number of thiazole rings is 1. The minimum Gasteiger partial charge on any atom is -0.507 e. The summed E-state index contributed by atoms with van der Waals surface area (Å²) in [4.78, 5) is 33.1. The molecule has 6 rings (SSSR count). The molecular weight excluding hydrogens is 560 g/mol. The van der Waals surface area contributed by atoms with Crippen LogP contribution in [0, 0.1) is 0 Å². The fraction of sp³-hybridized carbons (Fsp3) is 0.0938. The first kappa shape index (κ1) is 26.6. The molecular formula is C32H23ClN2O5S. The van der Waals surface area contributed by atoms with E-state index in [2.05, 4.69) is 4.98 Å². The fourth-order valence-corrected chi connectivity index (χ4v) is 6.06. The molecule has 0 saturated carbocycles. The quantitative estimate of drug-likeness (QED) is 0.124. The number of anilines is 1. The number of aromatic nitrogens is 1. The maximum absolute atomic E-state index is 13.6. The van der Waals surface area contributed by atoms with Crippen molar-refractivity contribution in [3.63, 3.8) is 0 Å². The van der Waals surface area contributed by atoms with Crippen molar-refractivity contribution in [2.75, 3.05) is 12.0 Å². The van der Waals surface area contributed by atoms with Gasteiger partial charge >= 0.3 is 5.91 Å². The SMILES string of the molecule is COc1cc(C2C(=C(O)c3ccccc3)C(=O)C(=O)N2c2nc3ccc(Cl)cc3s2)ccc1OCc1ccccc1. The maximum atomic E-state index is 13.6. The molecule has 1 fully saturated rings. The van der Waals surface area contributed by atoms with E-state index in [9.17, 15) is 14.7 Å². The van der Waals surface area contributed by atoms with Gasteiger partial charge in [0, 0.05) is 10.6 Å². The van der Waals surface area contributed by atoms with Gasteiger partial charge in [0.1, 0.15) is 12.4 Å². The molecule has 1 saturated heterocycles. The van der Waals surface area contributed by atoms with E-state index in [4.69, 9.17) is 21.1 Å². The summed E-state index contributed by atoms with van der Waals surface area (Å²) in [6.45, 7) is 0.331. The van der Waals surface area contributed by atoms with Crippen molar-refractivity contribution in [2.24, 2.45) is 0 Å². The van der Waals surface area contributed by atoms with Crippen molar-refractivity contribution in [1.29, 1.82) is 0 Å². The summed E-state index contributed by atoms with van der Waals surface area (Å²) in [6, 6.07) is 27.9. The minimum absolute atomic E-state index is 0.0431. The molecule has 5 aromatic rings. The number of carbonyl (C=O) groups excluding carboxylic acids is 2. The van der Waals surface area contributed by atoms with Crippen LogP contribution in [0.15, 0.2) is 103 Å². The largest absolute Gasteiger partial charge is 0.507 e. The van der Waals surface area contributed by atoms with E-state index in [1.807, 2.05) is 30.3 Å². The number of aliphatic hydroxyl groups excluding tert-OH is 1. The predicted octanol–water partition coefficient (Wildman–Crippen LogP) is 7.16. The molecule has 1 aromatic heterocycles. The zero-order valence-electron chi connectivity index (χ0n) is 21.8. The lowest BCUT2D eigenvalue weighted by atomic mass is 9.95. The van der Waals surface area contributed by atoms with Crippen molar-refractivity contribution in [3.8, 4) is 11.5 Å². The molecule has 7 nitrogen and oxygen atoms in total. The number of carbonyl (C=O) groups is 2. The van der Waals surface area contributed by atoms with Gasteiger partial charge in [-0.1, -0.05) is 89.7 Å². The van der Waals surface area contributed by atoms with Gasteiger partial charge in [-0.3, -0.25) is 14.5 Å². The lowest BCUT2D eigenvalue weighted by Crippen LogP contribution is -2.29. The van der Waals surface area contributed by atoms with Gasteiger partial charge in [0.2, 0.25) is 0 Å². The second kappa shape index (κ2) is 11.1. The van der Waals surface area contributed by atoms with E-state index >= 15 is 0 Å². The van der Waals surface area contributed by atoms with Crippen LogP contribution in [-0.4, -0.2) is 28.9 Å². The maximum Gasteiger partial charge on any atom is 0.301 e. The Hall–Kier alpha value is -4.66. The normalized spacial score (nSPS) is 16.3. The second-order valence-corrected chi connectivity index (χ2v) is 10.8. The van der Waals surface area contributed by atoms with E-state index in [0.29, 0.717) is 44.9 Å². The Balaban J connectivity index is 1.47. The number of rotatable bonds is 7. The minimum atomic E-state index is -0.969. The highest BCUT2D eigenvalue weighted by atomic mass is 35.5.